The molecule has 2 N–H and O–H groups in total. The highest BCUT2D eigenvalue weighted by Crippen LogP contribution is 2.26. The molecular formula is C16H11ClN3O4S-. The van der Waals surface area contributed by atoms with Crippen LogP contribution in [-0.4, -0.2) is 24.2 Å². The summed E-state index contributed by atoms with van der Waals surface area (Å²) in [5.41, 5.74) is 1.38. The fraction of sp³-hybridized carbons (Fsp3) is 0. The van der Waals surface area contributed by atoms with Gasteiger partial charge in [0, 0.05) is 10.6 Å². The maximum atomic E-state index is 11.4. The highest BCUT2D eigenvalue weighted by Gasteiger charge is 2.14. The van der Waals surface area contributed by atoms with Crippen molar-refractivity contribution >= 4 is 27.6 Å². The zero-order valence-electron chi connectivity index (χ0n) is 12.6. The minimum Gasteiger partial charge on any atom is -0.543 e. The van der Waals surface area contributed by atoms with E-state index in [0.717, 1.165) is 0 Å². The summed E-state index contributed by atoms with van der Waals surface area (Å²) in [4.78, 5) is 11.1. The maximum Gasteiger partial charge on any atom is 0.238 e. The molecule has 0 amide bonds. The number of carboxylic acid groups (broad SMARTS) is 1. The molecule has 1 aromatic heterocycles. The van der Waals surface area contributed by atoms with Crippen molar-refractivity contribution in [2.45, 2.75) is 4.90 Å². The Hall–Kier alpha value is -2.68. The number of carbonyl (C=O) groups is 1. The molecule has 0 spiro atoms. The standard InChI is InChI=1S/C16H12ClN3O4S/c17-11-3-1-10(2-4-11)15-9-14(16(21)22)19-20(15)12-5-7-13(8-6-12)25(18,23)24/h1-9H,(H,21,22)(H2,18,23,24)/p-1. The SMILES string of the molecule is NS(=O)(=O)c1ccc(-n2nc(C(=O)[O-])cc2-c2ccc(Cl)cc2)cc1. The van der Waals surface area contributed by atoms with Crippen LogP contribution in [0, 0.1) is 0 Å². The number of sulfonamides is 1. The number of halogens is 1. The second kappa shape index (κ2) is 6.32. The van der Waals surface area contributed by atoms with E-state index in [1.54, 1.807) is 24.3 Å². The smallest absolute Gasteiger partial charge is 0.238 e. The van der Waals surface area contributed by atoms with E-state index in [1.165, 1.54) is 35.0 Å². The lowest BCUT2D eigenvalue weighted by atomic mass is 10.1. The molecule has 0 aliphatic carbocycles. The van der Waals surface area contributed by atoms with Gasteiger partial charge in [0.2, 0.25) is 10.0 Å². The first kappa shape index (κ1) is 17.2. The lowest BCUT2D eigenvalue weighted by molar-refractivity contribution is -0.255. The predicted octanol–water partition coefficient (Wildman–Crippen LogP) is 1.20. The second-order valence-corrected chi connectivity index (χ2v) is 7.16. The first-order chi connectivity index (χ1) is 11.8. The normalized spacial score (nSPS) is 11.4. The summed E-state index contributed by atoms with van der Waals surface area (Å²) in [5, 5.41) is 20.8. The van der Waals surface area contributed by atoms with E-state index in [2.05, 4.69) is 5.10 Å². The minimum atomic E-state index is -3.83. The molecule has 3 rings (SSSR count). The highest BCUT2D eigenvalue weighted by molar-refractivity contribution is 7.89. The Morgan fingerprint density at radius 2 is 1.68 bits per heavy atom. The number of rotatable bonds is 4. The highest BCUT2D eigenvalue weighted by atomic mass is 35.5. The van der Waals surface area contributed by atoms with E-state index >= 15 is 0 Å². The van der Waals surface area contributed by atoms with Gasteiger partial charge in [0.25, 0.3) is 0 Å². The first-order valence-corrected chi connectivity index (χ1v) is 8.89. The Labute approximate surface area is 148 Å². The summed E-state index contributed by atoms with van der Waals surface area (Å²) in [6.45, 7) is 0. The zero-order valence-corrected chi connectivity index (χ0v) is 14.2. The molecule has 25 heavy (non-hydrogen) atoms. The molecule has 0 saturated heterocycles. The minimum absolute atomic E-state index is 0.0587. The molecule has 2 aromatic carbocycles. The van der Waals surface area contributed by atoms with E-state index in [1.807, 2.05) is 0 Å². The molecule has 9 heteroatoms. The van der Waals surface area contributed by atoms with Crippen LogP contribution in [0.1, 0.15) is 10.5 Å². The predicted molar refractivity (Wildman–Crippen MR) is 89.7 cm³/mol. The summed E-state index contributed by atoms with van der Waals surface area (Å²) < 4.78 is 24.1. The number of aromatic nitrogens is 2. The number of aromatic carboxylic acids is 1. The van der Waals surface area contributed by atoms with Gasteiger partial charge in [-0.1, -0.05) is 23.7 Å². The van der Waals surface area contributed by atoms with Crippen LogP contribution in [0.3, 0.4) is 0 Å². The molecule has 128 valence electrons. The van der Waals surface area contributed by atoms with Crippen molar-refractivity contribution in [1.29, 1.82) is 0 Å². The van der Waals surface area contributed by atoms with Crippen molar-refractivity contribution in [3.8, 4) is 16.9 Å². The number of nitrogens with two attached hydrogens (primary N) is 1. The molecule has 0 unspecified atom stereocenters. The van der Waals surface area contributed by atoms with Crippen molar-refractivity contribution in [2.75, 3.05) is 0 Å². The molecule has 3 aromatic rings. The second-order valence-electron chi connectivity index (χ2n) is 5.16. The van der Waals surface area contributed by atoms with Crippen LogP contribution in [0.25, 0.3) is 16.9 Å². The van der Waals surface area contributed by atoms with Crippen LogP contribution in [-0.2, 0) is 10.0 Å². The Balaban J connectivity index is 2.14. The van der Waals surface area contributed by atoms with Gasteiger partial charge in [0.15, 0.2) is 0 Å². The Bertz CT molecular complexity index is 1040. The summed E-state index contributed by atoms with van der Waals surface area (Å²) in [7, 11) is -3.83. The van der Waals surface area contributed by atoms with Crippen molar-refractivity contribution in [3.05, 3.63) is 65.3 Å². The number of primary sulfonamides is 1. The van der Waals surface area contributed by atoms with E-state index < -0.39 is 16.0 Å². The van der Waals surface area contributed by atoms with Crippen LogP contribution in [0.5, 0.6) is 0 Å². The van der Waals surface area contributed by atoms with Gasteiger partial charge in [-0.2, -0.15) is 5.10 Å². The van der Waals surface area contributed by atoms with Crippen molar-refractivity contribution in [2.24, 2.45) is 5.14 Å². The van der Waals surface area contributed by atoms with Gasteiger partial charge >= 0.3 is 0 Å². The van der Waals surface area contributed by atoms with Gasteiger partial charge in [0.1, 0.15) is 5.69 Å². The third-order valence-electron chi connectivity index (χ3n) is 3.47. The molecule has 0 atom stereocenters. The number of benzene rings is 2. The Morgan fingerprint density at radius 1 is 1.08 bits per heavy atom. The van der Waals surface area contributed by atoms with Crippen molar-refractivity contribution in [3.63, 3.8) is 0 Å². The van der Waals surface area contributed by atoms with Crippen LogP contribution in [0.15, 0.2) is 59.5 Å². The largest absolute Gasteiger partial charge is 0.543 e. The van der Waals surface area contributed by atoms with Gasteiger partial charge in [-0.25, -0.2) is 18.2 Å². The lowest BCUT2D eigenvalue weighted by Crippen LogP contribution is -2.22. The number of carboxylic acids is 1. The van der Waals surface area contributed by atoms with Gasteiger partial charge in [-0.3, -0.25) is 0 Å². The van der Waals surface area contributed by atoms with Gasteiger partial charge in [-0.05, 0) is 42.5 Å². The summed E-state index contributed by atoms with van der Waals surface area (Å²) in [6.07, 6.45) is 0. The fourth-order valence-corrected chi connectivity index (χ4v) is 2.92. The number of hydrogen-bond acceptors (Lipinski definition) is 5. The lowest BCUT2D eigenvalue weighted by Gasteiger charge is -2.08. The van der Waals surface area contributed by atoms with Crippen LogP contribution in [0.4, 0.5) is 0 Å². The van der Waals surface area contributed by atoms with E-state index in [-0.39, 0.29) is 10.6 Å². The average Bonchev–Trinajstić information content (AvgIpc) is 3.00. The Kier molecular flexibility index (Phi) is 4.34. The third-order valence-corrected chi connectivity index (χ3v) is 4.65. The molecule has 0 fully saturated rings. The van der Waals surface area contributed by atoms with Crippen molar-refractivity contribution in [1.82, 2.24) is 9.78 Å². The van der Waals surface area contributed by atoms with Gasteiger partial charge in [0.05, 0.1) is 22.2 Å². The van der Waals surface area contributed by atoms with E-state index in [4.69, 9.17) is 16.7 Å². The first-order valence-electron chi connectivity index (χ1n) is 6.96. The quantitative estimate of drug-likeness (QED) is 0.734. The zero-order chi connectivity index (χ0) is 18.2. The van der Waals surface area contributed by atoms with Gasteiger partial charge < -0.3 is 9.90 Å². The fourth-order valence-electron chi connectivity index (χ4n) is 2.28. The molecule has 7 nitrogen and oxygen atoms in total. The average molecular weight is 377 g/mol. The maximum absolute atomic E-state index is 11.4. The molecule has 0 bridgehead atoms. The molecule has 0 aliphatic rings. The molecule has 0 aliphatic heterocycles. The van der Waals surface area contributed by atoms with Crippen LogP contribution < -0.4 is 10.2 Å². The topological polar surface area (TPSA) is 118 Å². The van der Waals surface area contributed by atoms with E-state index in [9.17, 15) is 18.3 Å². The monoisotopic (exact) mass is 376 g/mol. The molecular weight excluding hydrogens is 366 g/mol. The number of carbonyl (C=O) groups excluding carboxylic acids is 1. The van der Waals surface area contributed by atoms with Crippen molar-refractivity contribution < 1.29 is 18.3 Å². The summed E-state index contributed by atoms with van der Waals surface area (Å²) in [5.74, 6) is -1.42. The third kappa shape index (κ3) is 3.55. The number of nitrogens with zero attached hydrogens (tertiary/aromatic N) is 2. The molecule has 0 saturated carbocycles. The number of hydrogen-bond donors (Lipinski definition) is 1. The van der Waals surface area contributed by atoms with Gasteiger partial charge in [-0.15, -0.1) is 0 Å². The summed E-state index contributed by atoms with van der Waals surface area (Å²) in [6, 6.07) is 13.7. The molecule has 0 radical (unpaired) electrons. The van der Waals surface area contributed by atoms with E-state index in [0.29, 0.717) is 22.0 Å². The molecule has 1 heterocycles. The van der Waals surface area contributed by atoms with Crippen LogP contribution in [0.2, 0.25) is 5.02 Å². The van der Waals surface area contributed by atoms with Crippen LogP contribution >= 0.6 is 11.6 Å². The summed E-state index contributed by atoms with van der Waals surface area (Å²) >= 11 is 5.88. The Morgan fingerprint density at radius 3 is 2.20 bits per heavy atom.